The summed E-state index contributed by atoms with van der Waals surface area (Å²) in [7, 11) is -1.74. The lowest BCUT2D eigenvalue weighted by molar-refractivity contribution is -0.137. The first-order chi connectivity index (χ1) is 14.4. The highest BCUT2D eigenvalue weighted by molar-refractivity contribution is 7.88. The van der Waals surface area contributed by atoms with Gasteiger partial charge in [0.1, 0.15) is 5.75 Å². The summed E-state index contributed by atoms with van der Waals surface area (Å²) >= 11 is 0. The number of carbonyl (C=O) groups is 1. The first kappa shape index (κ1) is 22.3. The number of hydrogen-bond donors (Lipinski definition) is 0. The number of benzene rings is 2. The molecule has 2 aromatic carbocycles. The molecular formula is C23H30N2O4S. The normalized spacial score (nSPS) is 15.7. The van der Waals surface area contributed by atoms with Gasteiger partial charge in [-0.05, 0) is 43.0 Å². The van der Waals surface area contributed by atoms with Gasteiger partial charge in [0.05, 0.1) is 12.9 Å². The Labute approximate surface area is 179 Å². The van der Waals surface area contributed by atoms with Crippen LogP contribution in [0.25, 0.3) is 0 Å². The lowest BCUT2D eigenvalue weighted by Crippen LogP contribution is -2.44. The molecule has 162 valence electrons. The van der Waals surface area contributed by atoms with Gasteiger partial charge in [0.2, 0.25) is 15.9 Å². The molecule has 1 heterocycles. The maximum atomic E-state index is 13.0. The van der Waals surface area contributed by atoms with Crippen molar-refractivity contribution < 1.29 is 17.9 Å². The van der Waals surface area contributed by atoms with E-state index in [0.717, 1.165) is 16.9 Å². The standard InChI is InChI=1S/C23H30N2O4S/c1-3-24(17-19-9-11-22(29-2)12-10-19)23(26)21-13-15-25(16-14-21)30(27,28)18-20-7-5-4-6-8-20/h4-12,21H,3,13-18H2,1-2H3. The zero-order valence-electron chi connectivity index (χ0n) is 17.7. The Morgan fingerprint density at radius 1 is 1.03 bits per heavy atom. The Hall–Kier alpha value is -2.38. The minimum atomic E-state index is -3.37. The van der Waals surface area contributed by atoms with Crippen LogP contribution in [0.4, 0.5) is 0 Å². The lowest BCUT2D eigenvalue weighted by atomic mass is 9.96. The average Bonchev–Trinajstić information content (AvgIpc) is 2.78. The number of methoxy groups -OCH3 is 1. The van der Waals surface area contributed by atoms with Gasteiger partial charge in [-0.2, -0.15) is 0 Å². The molecule has 0 aromatic heterocycles. The van der Waals surface area contributed by atoms with Crippen LogP contribution in [0.5, 0.6) is 5.75 Å². The van der Waals surface area contributed by atoms with Gasteiger partial charge >= 0.3 is 0 Å². The monoisotopic (exact) mass is 430 g/mol. The molecule has 0 unspecified atom stereocenters. The van der Waals surface area contributed by atoms with Crippen LogP contribution >= 0.6 is 0 Å². The second kappa shape index (κ2) is 10.1. The Morgan fingerprint density at radius 2 is 1.67 bits per heavy atom. The van der Waals surface area contributed by atoms with Gasteiger partial charge in [0.25, 0.3) is 0 Å². The smallest absolute Gasteiger partial charge is 0.226 e. The fourth-order valence-electron chi connectivity index (χ4n) is 3.81. The molecule has 0 atom stereocenters. The van der Waals surface area contributed by atoms with Crippen LogP contribution in [0, 0.1) is 5.92 Å². The fourth-order valence-corrected chi connectivity index (χ4v) is 5.38. The number of sulfonamides is 1. The SMILES string of the molecule is CCN(Cc1ccc(OC)cc1)C(=O)C1CCN(S(=O)(=O)Cc2ccccc2)CC1. The van der Waals surface area contributed by atoms with Gasteiger partial charge < -0.3 is 9.64 Å². The maximum Gasteiger partial charge on any atom is 0.226 e. The van der Waals surface area contributed by atoms with Crippen molar-refractivity contribution >= 4 is 15.9 Å². The van der Waals surface area contributed by atoms with Gasteiger partial charge in [-0.3, -0.25) is 4.79 Å². The molecule has 6 nitrogen and oxygen atoms in total. The summed E-state index contributed by atoms with van der Waals surface area (Å²) in [4.78, 5) is 14.9. The van der Waals surface area contributed by atoms with E-state index in [1.807, 2.05) is 66.4 Å². The molecule has 0 saturated carbocycles. The molecule has 1 aliphatic rings. The number of rotatable bonds is 8. The summed E-state index contributed by atoms with van der Waals surface area (Å²) in [5.74, 6) is 0.766. The number of amides is 1. The van der Waals surface area contributed by atoms with E-state index in [2.05, 4.69) is 0 Å². The molecule has 0 spiro atoms. The summed E-state index contributed by atoms with van der Waals surface area (Å²) in [5.41, 5.74) is 1.83. The molecule has 0 bridgehead atoms. The average molecular weight is 431 g/mol. The van der Waals surface area contributed by atoms with Crippen molar-refractivity contribution in [3.8, 4) is 5.75 Å². The molecule has 2 aromatic rings. The number of ether oxygens (including phenoxy) is 1. The summed E-state index contributed by atoms with van der Waals surface area (Å²) < 4.78 is 32.2. The first-order valence-corrected chi connectivity index (χ1v) is 12.0. The molecule has 30 heavy (non-hydrogen) atoms. The van der Waals surface area contributed by atoms with Crippen LogP contribution in [-0.4, -0.2) is 50.3 Å². The third-order valence-electron chi connectivity index (χ3n) is 5.61. The quantitative estimate of drug-likeness (QED) is 0.645. The van der Waals surface area contributed by atoms with Gasteiger partial charge in [0, 0.05) is 32.1 Å². The molecule has 3 rings (SSSR count). The summed E-state index contributed by atoms with van der Waals surface area (Å²) in [5, 5.41) is 0. The van der Waals surface area contributed by atoms with E-state index in [-0.39, 0.29) is 17.6 Å². The molecule has 7 heteroatoms. The molecule has 1 saturated heterocycles. The Bertz CT molecular complexity index is 921. The minimum absolute atomic E-state index is 0.00497. The maximum absolute atomic E-state index is 13.0. The van der Waals surface area contributed by atoms with Crippen molar-refractivity contribution in [1.29, 1.82) is 0 Å². The van der Waals surface area contributed by atoms with Crippen molar-refractivity contribution in [1.82, 2.24) is 9.21 Å². The topological polar surface area (TPSA) is 66.9 Å². The van der Waals surface area contributed by atoms with E-state index in [4.69, 9.17) is 4.74 Å². The van der Waals surface area contributed by atoms with Crippen LogP contribution in [0.1, 0.15) is 30.9 Å². The largest absolute Gasteiger partial charge is 0.497 e. The zero-order chi connectivity index (χ0) is 21.6. The highest BCUT2D eigenvalue weighted by Gasteiger charge is 2.32. The zero-order valence-corrected chi connectivity index (χ0v) is 18.5. The van der Waals surface area contributed by atoms with Crippen LogP contribution in [0.2, 0.25) is 0 Å². The number of nitrogens with zero attached hydrogens (tertiary/aromatic N) is 2. The van der Waals surface area contributed by atoms with Gasteiger partial charge in [-0.25, -0.2) is 12.7 Å². The Kier molecular flexibility index (Phi) is 7.50. The highest BCUT2D eigenvalue weighted by Crippen LogP contribution is 2.24. The highest BCUT2D eigenvalue weighted by atomic mass is 32.2. The van der Waals surface area contributed by atoms with E-state index in [1.54, 1.807) is 7.11 Å². The predicted octanol–water partition coefficient (Wildman–Crippen LogP) is 3.29. The predicted molar refractivity (Wildman–Crippen MR) is 117 cm³/mol. The lowest BCUT2D eigenvalue weighted by Gasteiger charge is -2.33. The van der Waals surface area contributed by atoms with E-state index in [0.29, 0.717) is 39.0 Å². The molecule has 1 amide bonds. The van der Waals surface area contributed by atoms with Crippen LogP contribution in [0.3, 0.4) is 0 Å². The third-order valence-corrected chi connectivity index (χ3v) is 7.46. The van der Waals surface area contributed by atoms with Crippen molar-refractivity contribution in [3.05, 3.63) is 65.7 Å². The second-order valence-corrected chi connectivity index (χ2v) is 9.58. The number of piperidine rings is 1. The van der Waals surface area contributed by atoms with Gasteiger partial charge in [-0.15, -0.1) is 0 Å². The van der Waals surface area contributed by atoms with E-state index >= 15 is 0 Å². The summed E-state index contributed by atoms with van der Waals surface area (Å²) in [6, 6.07) is 16.9. The fraction of sp³-hybridized carbons (Fsp3) is 0.435. The first-order valence-electron chi connectivity index (χ1n) is 10.4. The van der Waals surface area contributed by atoms with Crippen molar-refractivity contribution in [2.45, 2.75) is 32.1 Å². The molecule has 1 aliphatic heterocycles. The summed E-state index contributed by atoms with van der Waals surface area (Å²) in [6.45, 7) is 3.93. The van der Waals surface area contributed by atoms with Crippen molar-refractivity contribution in [3.63, 3.8) is 0 Å². The van der Waals surface area contributed by atoms with Crippen LogP contribution in [-0.2, 0) is 27.1 Å². The molecule has 0 aliphatic carbocycles. The Balaban J connectivity index is 1.56. The Morgan fingerprint density at radius 3 is 2.23 bits per heavy atom. The second-order valence-electron chi connectivity index (χ2n) is 7.62. The van der Waals surface area contributed by atoms with E-state index in [9.17, 15) is 13.2 Å². The number of hydrogen-bond acceptors (Lipinski definition) is 4. The third kappa shape index (κ3) is 5.61. The van der Waals surface area contributed by atoms with E-state index < -0.39 is 10.0 Å². The van der Waals surface area contributed by atoms with Crippen molar-refractivity contribution in [2.75, 3.05) is 26.7 Å². The molecular weight excluding hydrogens is 400 g/mol. The van der Waals surface area contributed by atoms with Crippen molar-refractivity contribution in [2.24, 2.45) is 5.92 Å². The molecule has 0 radical (unpaired) electrons. The van der Waals surface area contributed by atoms with E-state index in [1.165, 1.54) is 4.31 Å². The van der Waals surface area contributed by atoms with Gasteiger partial charge in [-0.1, -0.05) is 42.5 Å². The molecule has 1 fully saturated rings. The minimum Gasteiger partial charge on any atom is -0.497 e. The van der Waals surface area contributed by atoms with Gasteiger partial charge in [0.15, 0.2) is 0 Å². The number of carbonyl (C=O) groups excluding carboxylic acids is 1. The van der Waals surface area contributed by atoms with Crippen LogP contribution in [0.15, 0.2) is 54.6 Å². The van der Waals surface area contributed by atoms with Crippen LogP contribution < -0.4 is 4.74 Å². The summed E-state index contributed by atoms with van der Waals surface area (Å²) in [6.07, 6.45) is 1.12. The molecule has 0 N–H and O–H groups in total.